The van der Waals surface area contributed by atoms with Crippen molar-refractivity contribution in [2.75, 3.05) is 18.0 Å². The summed E-state index contributed by atoms with van der Waals surface area (Å²) >= 11 is 1.90. The van der Waals surface area contributed by atoms with E-state index in [1.54, 1.807) is 4.88 Å². The molecule has 0 saturated carbocycles. The third-order valence-electron chi connectivity index (χ3n) is 6.21. The maximum atomic E-state index is 5.15. The quantitative estimate of drug-likeness (QED) is 0.565. The van der Waals surface area contributed by atoms with Crippen molar-refractivity contribution >= 4 is 27.4 Å². The van der Waals surface area contributed by atoms with Gasteiger partial charge in [0.25, 0.3) is 0 Å². The lowest BCUT2D eigenvalue weighted by atomic mass is 9.89. The molecule has 28 heavy (non-hydrogen) atoms. The van der Waals surface area contributed by atoms with Gasteiger partial charge in [-0.05, 0) is 55.7 Å². The SMILES string of the molecule is C[C@@H]1CCc2c(sc3nc(-c4cccnc4)nc(N4CCCCCCC4)c23)C1. The molecule has 2 aliphatic rings. The van der Waals surface area contributed by atoms with Crippen molar-refractivity contribution < 1.29 is 0 Å². The Bertz CT molecular complexity index is 958. The molecule has 5 rings (SSSR count). The first-order chi connectivity index (χ1) is 13.8. The molecular weight excluding hydrogens is 364 g/mol. The van der Waals surface area contributed by atoms with E-state index in [9.17, 15) is 0 Å². The van der Waals surface area contributed by atoms with Crippen LogP contribution in [0.4, 0.5) is 5.82 Å². The monoisotopic (exact) mass is 392 g/mol. The molecule has 1 atom stereocenters. The van der Waals surface area contributed by atoms with Crippen molar-refractivity contribution in [3.63, 3.8) is 0 Å². The Morgan fingerprint density at radius 2 is 1.89 bits per heavy atom. The van der Waals surface area contributed by atoms with Crippen molar-refractivity contribution in [3.8, 4) is 11.4 Å². The number of anilines is 1. The highest BCUT2D eigenvalue weighted by Gasteiger charge is 2.26. The van der Waals surface area contributed by atoms with Gasteiger partial charge >= 0.3 is 0 Å². The maximum absolute atomic E-state index is 5.15. The minimum atomic E-state index is 0.775. The van der Waals surface area contributed by atoms with Crippen LogP contribution in [0.2, 0.25) is 0 Å². The third-order valence-corrected chi connectivity index (χ3v) is 7.36. The molecule has 1 fully saturated rings. The molecule has 1 saturated heterocycles. The molecule has 1 aliphatic carbocycles. The molecule has 0 unspecified atom stereocenters. The van der Waals surface area contributed by atoms with Gasteiger partial charge in [-0.3, -0.25) is 4.98 Å². The number of nitrogens with zero attached hydrogens (tertiary/aromatic N) is 4. The highest BCUT2D eigenvalue weighted by Crippen LogP contribution is 2.42. The molecule has 4 nitrogen and oxygen atoms in total. The molecule has 4 heterocycles. The first-order valence-corrected chi connectivity index (χ1v) is 11.6. The van der Waals surface area contributed by atoms with E-state index in [4.69, 9.17) is 9.97 Å². The second-order valence-corrected chi connectivity index (χ2v) is 9.48. The zero-order valence-corrected chi connectivity index (χ0v) is 17.5. The molecule has 0 bridgehead atoms. The van der Waals surface area contributed by atoms with Gasteiger partial charge < -0.3 is 4.90 Å². The van der Waals surface area contributed by atoms with E-state index in [1.165, 1.54) is 73.0 Å². The third kappa shape index (κ3) is 3.41. The van der Waals surface area contributed by atoms with E-state index in [-0.39, 0.29) is 0 Å². The van der Waals surface area contributed by atoms with E-state index in [0.717, 1.165) is 30.4 Å². The van der Waals surface area contributed by atoms with Crippen LogP contribution in [-0.2, 0) is 12.8 Å². The summed E-state index contributed by atoms with van der Waals surface area (Å²) in [6.07, 6.45) is 13.9. The van der Waals surface area contributed by atoms with E-state index < -0.39 is 0 Å². The van der Waals surface area contributed by atoms with Crippen LogP contribution in [0.25, 0.3) is 21.6 Å². The molecular formula is C23H28N4S. The summed E-state index contributed by atoms with van der Waals surface area (Å²) in [7, 11) is 0. The normalized spacial score (nSPS) is 20.6. The van der Waals surface area contributed by atoms with Crippen LogP contribution in [0.3, 0.4) is 0 Å². The highest BCUT2D eigenvalue weighted by molar-refractivity contribution is 7.19. The predicted molar refractivity (Wildman–Crippen MR) is 117 cm³/mol. The second kappa shape index (κ2) is 7.78. The molecule has 0 spiro atoms. The maximum Gasteiger partial charge on any atom is 0.164 e. The van der Waals surface area contributed by atoms with E-state index in [0.29, 0.717) is 0 Å². The summed E-state index contributed by atoms with van der Waals surface area (Å²) in [6.45, 7) is 4.60. The lowest BCUT2D eigenvalue weighted by Crippen LogP contribution is -2.28. The second-order valence-electron chi connectivity index (χ2n) is 8.40. The number of hydrogen-bond donors (Lipinski definition) is 0. The predicted octanol–water partition coefficient (Wildman–Crippen LogP) is 5.65. The summed E-state index contributed by atoms with van der Waals surface area (Å²) < 4.78 is 0. The summed E-state index contributed by atoms with van der Waals surface area (Å²) in [4.78, 5) is 19.7. The van der Waals surface area contributed by atoms with Gasteiger partial charge in [-0.1, -0.05) is 26.2 Å². The smallest absolute Gasteiger partial charge is 0.164 e. The Morgan fingerprint density at radius 3 is 2.68 bits per heavy atom. The summed E-state index contributed by atoms with van der Waals surface area (Å²) in [5, 5.41) is 1.35. The minimum absolute atomic E-state index is 0.775. The van der Waals surface area contributed by atoms with E-state index >= 15 is 0 Å². The number of pyridine rings is 1. The topological polar surface area (TPSA) is 41.9 Å². The molecule has 1 aliphatic heterocycles. The average Bonchev–Trinajstić information content (AvgIpc) is 3.05. The molecule has 0 radical (unpaired) electrons. The van der Waals surface area contributed by atoms with Gasteiger partial charge in [0, 0.05) is 35.9 Å². The van der Waals surface area contributed by atoms with Crippen LogP contribution >= 0.6 is 11.3 Å². The highest BCUT2D eigenvalue weighted by atomic mass is 32.1. The fourth-order valence-electron chi connectivity index (χ4n) is 4.64. The fourth-order valence-corrected chi connectivity index (χ4v) is 6.01. The molecule has 3 aromatic heterocycles. The van der Waals surface area contributed by atoms with Gasteiger partial charge in [0.2, 0.25) is 0 Å². The van der Waals surface area contributed by atoms with Crippen molar-refractivity contribution in [2.24, 2.45) is 5.92 Å². The van der Waals surface area contributed by atoms with E-state index in [2.05, 4.69) is 22.9 Å². The van der Waals surface area contributed by atoms with Crippen LogP contribution in [0.15, 0.2) is 24.5 Å². The number of aryl methyl sites for hydroxylation is 1. The molecule has 5 heteroatoms. The van der Waals surface area contributed by atoms with Crippen molar-refractivity contribution in [1.82, 2.24) is 15.0 Å². The van der Waals surface area contributed by atoms with Gasteiger partial charge in [0.15, 0.2) is 5.82 Å². The molecule has 0 amide bonds. The Balaban J connectivity index is 1.68. The summed E-state index contributed by atoms with van der Waals surface area (Å²) in [5.74, 6) is 2.78. The Morgan fingerprint density at radius 1 is 1.07 bits per heavy atom. The van der Waals surface area contributed by atoms with Crippen LogP contribution in [-0.4, -0.2) is 28.0 Å². The van der Waals surface area contributed by atoms with Gasteiger partial charge in [0.05, 0.1) is 5.39 Å². The van der Waals surface area contributed by atoms with Crippen LogP contribution < -0.4 is 4.90 Å². The Kier molecular flexibility index (Phi) is 5.02. The Hall–Kier alpha value is -2.01. The average molecular weight is 393 g/mol. The number of thiophene rings is 1. The summed E-state index contributed by atoms with van der Waals surface area (Å²) in [6, 6.07) is 4.04. The van der Waals surface area contributed by atoms with Crippen LogP contribution in [0.1, 0.15) is 55.9 Å². The number of aromatic nitrogens is 3. The fraction of sp³-hybridized carbons (Fsp3) is 0.522. The van der Waals surface area contributed by atoms with Crippen molar-refractivity contribution in [2.45, 2.75) is 58.3 Å². The van der Waals surface area contributed by atoms with Gasteiger partial charge in [-0.2, -0.15) is 0 Å². The van der Waals surface area contributed by atoms with Crippen LogP contribution in [0, 0.1) is 5.92 Å². The summed E-state index contributed by atoms with van der Waals surface area (Å²) in [5.41, 5.74) is 2.55. The van der Waals surface area contributed by atoms with Crippen molar-refractivity contribution in [1.29, 1.82) is 0 Å². The van der Waals surface area contributed by atoms with Gasteiger partial charge in [-0.25, -0.2) is 9.97 Å². The zero-order chi connectivity index (χ0) is 18.9. The zero-order valence-electron chi connectivity index (χ0n) is 16.7. The standard InChI is InChI=1S/C23H28N4S/c1-16-9-10-18-19(14-16)28-23-20(18)22(27-12-5-3-2-4-6-13-27)25-21(26-23)17-8-7-11-24-15-17/h7-8,11,15-16H,2-6,9-10,12-14H2,1H3/t16-/m1/s1. The van der Waals surface area contributed by atoms with Crippen LogP contribution in [0.5, 0.6) is 0 Å². The van der Waals surface area contributed by atoms with Gasteiger partial charge in [-0.15, -0.1) is 11.3 Å². The minimum Gasteiger partial charge on any atom is -0.356 e. The van der Waals surface area contributed by atoms with E-state index in [1.807, 2.05) is 29.8 Å². The number of fused-ring (bicyclic) bond motifs is 3. The molecule has 3 aromatic rings. The first kappa shape index (κ1) is 18.0. The lowest BCUT2D eigenvalue weighted by molar-refractivity contribution is 0.509. The largest absolute Gasteiger partial charge is 0.356 e. The Labute approximate surface area is 171 Å². The first-order valence-electron chi connectivity index (χ1n) is 10.8. The van der Waals surface area contributed by atoms with Crippen molar-refractivity contribution in [3.05, 3.63) is 35.0 Å². The number of rotatable bonds is 2. The molecule has 0 N–H and O–H groups in total. The molecule has 146 valence electrons. The van der Waals surface area contributed by atoms with Gasteiger partial charge in [0.1, 0.15) is 10.6 Å². The number of hydrogen-bond acceptors (Lipinski definition) is 5. The molecule has 0 aromatic carbocycles. The lowest BCUT2D eigenvalue weighted by Gasteiger charge is -2.27.